The van der Waals surface area contributed by atoms with Crippen molar-refractivity contribution in [2.24, 2.45) is 5.92 Å². The number of nitrogens with one attached hydrogen (secondary N) is 1. The highest BCUT2D eigenvalue weighted by atomic mass is 32.2. The number of thioether (sulfide) groups is 1. The first-order valence-corrected chi connectivity index (χ1v) is 7.68. The van der Waals surface area contributed by atoms with E-state index in [-0.39, 0.29) is 12.1 Å². The molecule has 0 aromatic heterocycles. The molecule has 18 heavy (non-hydrogen) atoms. The van der Waals surface area contributed by atoms with Crippen LogP contribution in [-0.4, -0.2) is 52.6 Å². The van der Waals surface area contributed by atoms with Crippen molar-refractivity contribution >= 4 is 23.8 Å². The van der Waals surface area contributed by atoms with Crippen LogP contribution in [0.15, 0.2) is 0 Å². The standard InChI is InChI=1S/C12H20N2O3S/c15-11(16)9-3-1-5-14(7-9)12(17)13-10-4-2-6-18-8-10/h9-10H,1-8H2,(H,13,17)(H,15,16)/t9-,10?/m1/s1. The molecule has 2 rings (SSSR count). The topological polar surface area (TPSA) is 69.6 Å². The lowest BCUT2D eigenvalue weighted by atomic mass is 9.99. The van der Waals surface area contributed by atoms with Crippen molar-refractivity contribution in [3.8, 4) is 0 Å². The van der Waals surface area contributed by atoms with Crippen molar-refractivity contribution in [1.29, 1.82) is 0 Å². The minimum Gasteiger partial charge on any atom is -0.481 e. The Bertz CT molecular complexity index is 318. The van der Waals surface area contributed by atoms with E-state index in [4.69, 9.17) is 5.11 Å². The fraction of sp³-hybridized carbons (Fsp3) is 0.833. The normalized spacial score (nSPS) is 28.8. The summed E-state index contributed by atoms with van der Waals surface area (Å²) in [7, 11) is 0. The number of rotatable bonds is 2. The Balaban J connectivity index is 1.82. The smallest absolute Gasteiger partial charge is 0.317 e. The molecule has 2 heterocycles. The van der Waals surface area contributed by atoms with Crippen LogP contribution < -0.4 is 5.32 Å². The van der Waals surface area contributed by atoms with Crippen LogP contribution in [0.3, 0.4) is 0 Å². The minimum absolute atomic E-state index is 0.0894. The lowest BCUT2D eigenvalue weighted by molar-refractivity contribution is -0.143. The molecule has 2 aliphatic heterocycles. The number of hydrogen-bond acceptors (Lipinski definition) is 3. The van der Waals surface area contributed by atoms with Gasteiger partial charge in [-0.1, -0.05) is 0 Å². The van der Waals surface area contributed by atoms with Crippen molar-refractivity contribution in [2.45, 2.75) is 31.7 Å². The molecule has 2 amide bonds. The van der Waals surface area contributed by atoms with Gasteiger partial charge in [-0.25, -0.2) is 4.79 Å². The third-order valence-corrected chi connectivity index (χ3v) is 4.76. The van der Waals surface area contributed by atoms with Crippen molar-refractivity contribution < 1.29 is 14.7 Å². The molecule has 0 radical (unpaired) electrons. The van der Waals surface area contributed by atoms with Crippen LogP contribution in [0.1, 0.15) is 25.7 Å². The zero-order chi connectivity index (χ0) is 13.0. The van der Waals surface area contributed by atoms with E-state index >= 15 is 0 Å². The van der Waals surface area contributed by atoms with Crippen molar-refractivity contribution in [3.05, 3.63) is 0 Å². The molecule has 0 saturated carbocycles. The summed E-state index contributed by atoms with van der Waals surface area (Å²) in [5.74, 6) is 0.963. The molecule has 1 unspecified atom stereocenters. The lowest BCUT2D eigenvalue weighted by Crippen LogP contribution is -2.50. The molecule has 2 N–H and O–H groups in total. The number of urea groups is 1. The molecular weight excluding hydrogens is 252 g/mol. The molecule has 2 saturated heterocycles. The number of hydrogen-bond donors (Lipinski definition) is 2. The Morgan fingerprint density at radius 1 is 1.28 bits per heavy atom. The van der Waals surface area contributed by atoms with Crippen LogP contribution in [0, 0.1) is 5.92 Å². The first kappa shape index (κ1) is 13.5. The van der Waals surface area contributed by atoms with Crippen LogP contribution >= 0.6 is 11.8 Å². The van der Waals surface area contributed by atoms with Gasteiger partial charge < -0.3 is 15.3 Å². The van der Waals surface area contributed by atoms with Gasteiger partial charge in [0, 0.05) is 24.9 Å². The second-order valence-electron chi connectivity index (χ2n) is 4.99. The van der Waals surface area contributed by atoms with E-state index in [1.807, 2.05) is 11.8 Å². The van der Waals surface area contributed by atoms with Crippen molar-refractivity contribution in [2.75, 3.05) is 24.6 Å². The number of nitrogens with zero attached hydrogens (tertiary/aromatic N) is 1. The highest BCUT2D eigenvalue weighted by molar-refractivity contribution is 7.99. The summed E-state index contributed by atoms with van der Waals surface area (Å²) < 4.78 is 0. The van der Waals surface area contributed by atoms with Gasteiger partial charge in [-0.3, -0.25) is 4.79 Å². The number of piperidine rings is 1. The molecule has 2 atom stereocenters. The van der Waals surface area contributed by atoms with Crippen molar-refractivity contribution in [3.63, 3.8) is 0 Å². The predicted octanol–water partition coefficient (Wildman–Crippen LogP) is 1.39. The molecule has 0 aliphatic carbocycles. The molecule has 2 aliphatic rings. The van der Waals surface area contributed by atoms with E-state index in [0.717, 1.165) is 25.0 Å². The first-order chi connectivity index (χ1) is 8.66. The SMILES string of the molecule is O=C(O)[C@@H]1CCCN(C(=O)NC2CCCSC2)C1. The van der Waals surface area contributed by atoms with Gasteiger partial charge >= 0.3 is 12.0 Å². The van der Waals surface area contributed by atoms with E-state index in [1.54, 1.807) is 4.90 Å². The van der Waals surface area contributed by atoms with E-state index in [9.17, 15) is 9.59 Å². The number of aliphatic carboxylic acids is 1. The van der Waals surface area contributed by atoms with Gasteiger partial charge in [0.1, 0.15) is 0 Å². The zero-order valence-corrected chi connectivity index (χ0v) is 11.2. The number of carboxylic acids is 1. The van der Waals surface area contributed by atoms with E-state index < -0.39 is 11.9 Å². The third kappa shape index (κ3) is 3.54. The lowest BCUT2D eigenvalue weighted by Gasteiger charge is -2.33. The van der Waals surface area contributed by atoms with Gasteiger partial charge in [-0.15, -0.1) is 0 Å². The van der Waals surface area contributed by atoms with E-state index in [2.05, 4.69) is 5.32 Å². The maximum atomic E-state index is 12.0. The second kappa shape index (κ2) is 6.31. The molecular formula is C12H20N2O3S. The fourth-order valence-electron chi connectivity index (χ4n) is 2.48. The Kier molecular flexibility index (Phi) is 4.74. The van der Waals surface area contributed by atoms with Crippen LogP contribution in [-0.2, 0) is 4.79 Å². The molecule has 102 valence electrons. The van der Waals surface area contributed by atoms with Gasteiger partial charge in [0.05, 0.1) is 5.92 Å². The van der Waals surface area contributed by atoms with Crippen LogP contribution in [0.2, 0.25) is 0 Å². The molecule has 5 nitrogen and oxygen atoms in total. The Labute approximate surface area is 111 Å². The summed E-state index contributed by atoms with van der Waals surface area (Å²) in [6.07, 6.45) is 3.64. The molecule has 2 fully saturated rings. The quantitative estimate of drug-likeness (QED) is 0.797. The van der Waals surface area contributed by atoms with E-state index in [0.29, 0.717) is 19.5 Å². The Hall–Kier alpha value is -0.910. The summed E-state index contributed by atoms with van der Waals surface area (Å²) in [5.41, 5.74) is 0. The fourth-order valence-corrected chi connectivity index (χ4v) is 3.56. The summed E-state index contributed by atoms with van der Waals surface area (Å²) in [5, 5.41) is 12.0. The average Bonchev–Trinajstić information content (AvgIpc) is 2.40. The monoisotopic (exact) mass is 272 g/mol. The Morgan fingerprint density at radius 3 is 2.78 bits per heavy atom. The number of amides is 2. The summed E-state index contributed by atoms with van der Waals surface area (Å²) in [6, 6.07) is 0.162. The van der Waals surface area contributed by atoms with Gasteiger partial charge in [-0.05, 0) is 31.4 Å². The maximum absolute atomic E-state index is 12.0. The zero-order valence-electron chi connectivity index (χ0n) is 10.4. The number of carboxylic acid groups (broad SMARTS) is 1. The second-order valence-corrected chi connectivity index (χ2v) is 6.14. The number of likely N-dealkylation sites (tertiary alicyclic amines) is 1. The Morgan fingerprint density at radius 2 is 2.11 bits per heavy atom. The molecule has 6 heteroatoms. The van der Waals surface area contributed by atoms with Gasteiger partial charge in [0.15, 0.2) is 0 Å². The number of carbonyl (C=O) groups excluding carboxylic acids is 1. The first-order valence-electron chi connectivity index (χ1n) is 6.53. The van der Waals surface area contributed by atoms with Crippen molar-refractivity contribution in [1.82, 2.24) is 10.2 Å². The minimum atomic E-state index is -0.791. The van der Waals surface area contributed by atoms with Crippen LogP contribution in [0.25, 0.3) is 0 Å². The summed E-state index contributed by atoms with van der Waals surface area (Å²) in [6.45, 7) is 1.02. The largest absolute Gasteiger partial charge is 0.481 e. The molecule has 0 aromatic carbocycles. The van der Waals surface area contributed by atoms with Crippen LogP contribution in [0.5, 0.6) is 0 Å². The van der Waals surface area contributed by atoms with Gasteiger partial charge in [0.25, 0.3) is 0 Å². The van der Waals surface area contributed by atoms with E-state index in [1.165, 1.54) is 5.75 Å². The molecule has 0 bridgehead atoms. The molecule has 0 aromatic rings. The van der Waals surface area contributed by atoms with Crippen LogP contribution in [0.4, 0.5) is 4.79 Å². The molecule has 0 spiro atoms. The third-order valence-electron chi connectivity index (χ3n) is 3.55. The maximum Gasteiger partial charge on any atom is 0.317 e. The summed E-state index contributed by atoms with van der Waals surface area (Å²) in [4.78, 5) is 24.7. The highest BCUT2D eigenvalue weighted by Gasteiger charge is 2.29. The summed E-state index contributed by atoms with van der Waals surface area (Å²) >= 11 is 1.87. The predicted molar refractivity (Wildman–Crippen MR) is 70.8 cm³/mol. The average molecular weight is 272 g/mol. The number of carbonyl (C=O) groups is 2. The van der Waals surface area contributed by atoms with Gasteiger partial charge in [0.2, 0.25) is 0 Å². The van der Waals surface area contributed by atoms with Gasteiger partial charge in [-0.2, -0.15) is 11.8 Å². The highest BCUT2D eigenvalue weighted by Crippen LogP contribution is 2.19.